The van der Waals surface area contributed by atoms with Gasteiger partial charge in [-0.2, -0.15) is 0 Å². The number of rotatable bonds is 8. The zero-order valence-electron chi connectivity index (χ0n) is 13.8. The lowest BCUT2D eigenvalue weighted by atomic mass is 10.0. The highest BCUT2D eigenvalue weighted by molar-refractivity contribution is 5.77. The van der Waals surface area contributed by atoms with Crippen molar-refractivity contribution in [3.8, 4) is 5.75 Å². The van der Waals surface area contributed by atoms with Gasteiger partial charge in [-0.25, -0.2) is 4.39 Å². The van der Waals surface area contributed by atoms with Gasteiger partial charge in [0.2, 0.25) is 0 Å². The fourth-order valence-corrected chi connectivity index (χ4v) is 2.27. The van der Waals surface area contributed by atoms with Crippen LogP contribution in [-0.4, -0.2) is 18.6 Å². The van der Waals surface area contributed by atoms with Crippen LogP contribution in [0.4, 0.5) is 4.39 Å². The van der Waals surface area contributed by atoms with Crippen LogP contribution in [-0.2, 0) is 17.8 Å². The molecular weight excluding hydrogens is 307 g/mol. The Balaban J connectivity index is 1.89. The van der Waals surface area contributed by atoms with E-state index in [0.717, 1.165) is 12.0 Å². The number of hydrogen-bond acceptors (Lipinski definition) is 3. The lowest BCUT2D eigenvalue weighted by molar-refractivity contribution is -0.123. The normalized spacial score (nSPS) is 11.8. The van der Waals surface area contributed by atoms with E-state index >= 15 is 0 Å². The van der Waals surface area contributed by atoms with Crippen LogP contribution in [0, 0.1) is 5.82 Å². The predicted octanol–water partition coefficient (Wildman–Crippen LogP) is 2.80. The van der Waals surface area contributed by atoms with E-state index in [1.165, 1.54) is 18.2 Å². The maximum atomic E-state index is 13.4. The van der Waals surface area contributed by atoms with Crippen molar-refractivity contribution in [2.24, 2.45) is 5.73 Å². The second-order valence-corrected chi connectivity index (χ2v) is 5.68. The maximum Gasteiger partial charge on any atom is 0.258 e. The predicted molar refractivity (Wildman–Crippen MR) is 92.2 cm³/mol. The highest BCUT2D eigenvalue weighted by atomic mass is 19.1. The Morgan fingerprint density at radius 1 is 1.25 bits per heavy atom. The zero-order valence-corrected chi connectivity index (χ0v) is 13.8. The van der Waals surface area contributed by atoms with Crippen molar-refractivity contribution in [1.82, 2.24) is 5.32 Å². The minimum absolute atomic E-state index is 0.0685. The Kier molecular flexibility index (Phi) is 6.75. The summed E-state index contributed by atoms with van der Waals surface area (Å²) in [5, 5.41) is 2.79. The molecule has 128 valence electrons. The minimum Gasteiger partial charge on any atom is -0.483 e. The summed E-state index contributed by atoms with van der Waals surface area (Å²) in [5.74, 6) is -0.0711. The van der Waals surface area contributed by atoms with Crippen LogP contribution in [0.1, 0.15) is 24.5 Å². The Morgan fingerprint density at radius 2 is 2.00 bits per heavy atom. The van der Waals surface area contributed by atoms with Gasteiger partial charge in [-0.3, -0.25) is 4.79 Å². The third-order valence-electron chi connectivity index (χ3n) is 3.72. The molecule has 0 fully saturated rings. The summed E-state index contributed by atoms with van der Waals surface area (Å²) in [5.41, 5.74) is 7.63. The number of nitrogens with one attached hydrogen (secondary N) is 1. The number of halogens is 1. The largest absolute Gasteiger partial charge is 0.483 e. The van der Waals surface area contributed by atoms with Crippen LogP contribution >= 0.6 is 0 Å². The molecule has 4 nitrogen and oxygen atoms in total. The Bertz CT molecular complexity index is 662. The average molecular weight is 330 g/mol. The molecule has 1 amide bonds. The van der Waals surface area contributed by atoms with Crippen molar-refractivity contribution in [3.05, 3.63) is 65.5 Å². The first kappa shape index (κ1) is 17.9. The second-order valence-electron chi connectivity index (χ2n) is 5.68. The second kappa shape index (κ2) is 9.03. The molecule has 1 atom stereocenters. The molecular formula is C19H23FN2O2. The van der Waals surface area contributed by atoms with Crippen LogP contribution in [0.15, 0.2) is 48.5 Å². The summed E-state index contributed by atoms with van der Waals surface area (Å²) >= 11 is 0. The van der Waals surface area contributed by atoms with Crippen molar-refractivity contribution >= 4 is 5.91 Å². The fourth-order valence-electron chi connectivity index (χ4n) is 2.27. The number of amides is 1. The molecule has 0 aliphatic heterocycles. The average Bonchev–Trinajstić information content (AvgIpc) is 2.60. The van der Waals surface area contributed by atoms with Crippen molar-refractivity contribution in [2.75, 3.05) is 6.61 Å². The molecule has 2 aromatic carbocycles. The van der Waals surface area contributed by atoms with Gasteiger partial charge in [0.1, 0.15) is 11.6 Å². The topological polar surface area (TPSA) is 64.3 Å². The molecule has 1 unspecified atom stereocenters. The molecule has 0 saturated carbocycles. The van der Waals surface area contributed by atoms with Gasteiger partial charge in [0.15, 0.2) is 6.61 Å². The lowest BCUT2D eigenvalue weighted by Gasteiger charge is -2.14. The van der Waals surface area contributed by atoms with Crippen molar-refractivity contribution < 1.29 is 13.9 Å². The SMILES string of the molecule is CCC(N)Cc1cc(F)ccc1OCC(=O)NCc1ccccc1. The summed E-state index contributed by atoms with van der Waals surface area (Å²) < 4.78 is 19.0. The highest BCUT2D eigenvalue weighted by Gasteiger charge is 2.11. The third kappa shape index (κ3) is 5.66. The maximum absolute atomic E-state index is 13.4. The first-order valence-corrected chi connectivity index (χ1v) is 8.06. The molecule has 0 aliphatic carbocycles. The van der Waals surface area contributed by atoms with Crippen LogP contribution in [0.3, 0.4) is 0 Å². The molecule has 2 rings (SSSR count). The van der Waals surface area contributed by atoms with Gasteiger partial charge in [0.05, 0.1) is 0 Å². The van der Waals surface area contributed by atoms with Gasteiger partial charge in [-0.05, 0) is 42.2 Å². The molecule has 0 aromatic heterocycles. The molecule has 0 saturated heterocycles. The number of hydrogen-bond donors (Lipinski definition) is 2. The van der Waals surface area contributed by atoms with Crippen LogP contribution < -0.4 is 15.8 Å². The van der Waals surface area contributed by atoms with Gasteiger partial charge >= 0.3 is 0 Å². The number of benzene rings is 2. The van der Waals surface area contributed by atoms with Crippen LogP contribution in [0.25, 0.3) is 0 Å². The molecule has 2 aromatic rings. The molecule has 5 heteroatoms. The molecule has 0 bridgehead atoms. The lowest BCUT2D eigenvalue weighted by Crippen LogP contribution is -2.28. The Hall–Kier alpha value is -2.40. The van der Waals surface area contributed by atoms with Crippen LogP contribution in [0.2, 0.25) is 0 Å². The van der Waals surface area contributed by atoms with Gasteiger partial charge in [-0.1, -0.05) is 37.3 Å². The number of carbonyl (C=O) groups is 1. The van der Waals surface area contributed by atoms with Gasteiger partial charge in [0.25, 0.3) is 5.91 Å². The highest BCUT2D eigenvalue weighted by Crippen LogP contribution is 2.21. The Morgan fingerprint density at radius 3 is 2.71 bits per heavy atom. The van der Waals surface area contributed by atoms with E-state index in [9.17, 15) is 9.18 Å². The summed E-state index contributed by atoms with van der Waals surface area (Å²) in [6.07, 6.45) is 1.29. The smallest absolute Gasteiger partial charge is 0.258 e. The van der Waals surface area contributed by atoms with Crippen molar-refractivity contribution in [2.45, 2.75) is 32.4 Å². The quantitative estimate of drug-likeness (QED) is 0.782. The minimum atomic E-state index is -0.339. The standard InChI is InChI=1S/C19H23FN2O2/c1-2-17(21)11-15-10-16(20)8-9-18(15)24-13-19(23)22-12-14-6-4-3-5-7-14/h3-10,17H,2,11-13,21H2,1H3,(H,22,23). The van der Waals surface area contributed by atoms with E-state index in [0.29, 0.717) is 24.3 Å². The molecule has 0 heterocycles. The van der Waals surface area contributed by atoms with E-state index in [4.69, 9.17) is 10.5 Å². The number of nitrogens with two attached hydrogens (primary N) is 1. The van der Waals surface area contributed by atoms with Gasteiger partial charge in [0, 0.05) is 12.6 Å². The summed E-state index contributed by atoms with van der Waals surface area (Å²) in [7, 11) is 0. The first-order chi connectivity index (χ1) is 11.6. The van der Waals surface area contributed by atoms with Crippen LogP contribution in [0.5, 0.6) is 5.75 Å². The number of ether oxygens (including phenoxy) is 1. The van der Waals surface area contributed by atoms with Crippen molar-refractivity contribution in [1.29, 1.82) is 0 Å². The summed E-state index contributed by atoms with van der Waals surface area (Å²) in [6.45, 7) is 2.30. The summed E-state index contributed by atoms with van der Waals surface area (Å²) in [6, 6.07) is 13.8. The monoisotopic (exact) mass is 330 g/mol. The zero-order chi connectivity index (χ0) is 17.4. The molecule has 0 aliphatic rings. The van der Waals surface area contributed by atoms with E-state index in [1.807, 2.05) is 37.3 Å². The fraction of sp³-hybridized carbons (Fsp3) is 0.316. The Labute approximate surface area is 141 Å². The van der Waals surface area contributed by atoms with Gasteiger partial charge in [-0.15, -0.1) is 0 Å². The molecule has 3 N–H and O–H groups in total. The molecule has 0 spiro atoms. The van der Waals surface area contributed by atoms with Crippen molar-refractivity contribution in [3.63, 3.8) is 0 Å². The van der Waals surface area contributed by atoms with E-state index < -0.39 is 0 Å². The third-order valence-corrected chi connectivity index (χ3v) is 3.72. The van der Waals surface area contributed by atoms with E-state index in [2.05, 4.69) is 5.32 Å². The van der Waals surface area contributed by atoms with E-state index in [-0.39, 0.29) is 24.4 Å². The van der Waals surface area contributed by atoms with E-state index in [1.54, 1.807) is 0 Å². The molecule has 0 radical (unpaired) electrons. The van der Waals surface area contributed by atoms with Gasteiger partial charge < -0.3 is 15.8 Å². The number of carbonyl (C=O) groups excluding carboxylic acids is 1. The first-order valence-electron chi connectivity index (χ1n) is 8.06. The molecule has 24 heavy (non-hydrogen) atoms. The summed E-state index contributed by atoms with van der Waals surface area (Å²) in [4.78, 5) is 11.9.